The molecule has 1 aliphatic heterocycles. The van der Waals surface area contributed by atoms with Gasteiger partial charge in [-0.15, -0.1) is 24.8 Å². The summed E-state index contributed by atoms with van der Waals surface area (Å²) in [6.45, 7) is 3.22. The van der Waals surface area contributed by atoms with Crippen molar-refractivity contribution in [3.8, 4) is 5.75 Å². The number of amides is 1. The van der Waals surface area contributed by atoms with Gasteiger partial charge in [-0.2, -0.15) is 0 Å². The van der Waals surface area contributed by atoms with Crippen molar-refractivity contribution < 1.29 is 9.90 Å². The maximum atomic E-state index is 12.6. The van der Waals surface area contributed by atoms with Gasteiger partial charge in [-0.1, -0.05) is 6.42 Å². The van der Waals surface area contributed by atoms with Crippen LogP contribution in [-0.2, 0) is 4.79 Å². The highest BCUT2D eigenvalue weighted by molar-refractivity contribution is 5.85. The van der Waals surface area contributed by atoms with Crippen molar-refractivity contribution in [2.75, 3.05) is 31.1 Å². The van der Waals surface area contributed by atoms with E-state index < -0.39 is 0 Å². The number of hydrogen-bond donors (Lipinski definition) is 2. The smallest absolute Gasteiger partial charge is 0.225 e. The van der Waals surface area contributed by atoms with Crippen LogP contribution in [-0.4, -0.2) is 48.1 Å². The number of halogens is 2. The van der Waals surface area contributed by atoms with Crippen LogP contribution in [0.15, 0.2) is 24.3 Å². The standard InChI is InChI=1S/C17H25N3O2.2ClH/c18-14-3-1-2-13(12-14)17(22)20-10-8-19(9-11-20)15-4-6-16(21)7-5-15;;/h4-7,13-14,21H,1-3,8-12,18H2;2*1H. The predicted molar refractivity (Wildman–Crippen MR) is 101 cm³/mol. The Hall–Kier alpha value is -1.17. The molecule has 1 aliphatic carbocycles. The molecule has 1 saturated carbocycles. The molecule has 1 aromatic rings. The number of phenolic OH excluding ortho intramolecular Hbond substituents is 1. The summed E-state index contributed by atoms with van der Waals surface area (Å²) in [5, 5.41) is 9.35. The van der Waals surface area contributed by atoms with E-state index in [4.69, 9.17) is 5.73 Å². The average Bonchev–Trinajstić information content (AvgIpc) is 2.55. The molecule has 136 valence electrons. The summed E-state index contributed by atoms with van der Waals surface area (Å²) in [5.41, 5.74) is 7.10. The van der Waals surface area contributed by atoms with Gasteiger partial charge in [0.25, 0.3) is 0 Å². The fourth-order valence-electron chi connectivity index (χ4n) is 3.56. The Morgan fingerprint density at radius 2 is 1.67 bits per heavy atom. The van der Waals surface area contributed by atoms with Crippen molar-refractivity contribution in [3.05, 3.63) is 24.3 Å². The molecule has 7 heteroatoms. The van der Waals surface area contributed by atoms with Crippen molar-refractivity contribution in [2.24, 2.45) is 11.7 Å². The van der Waals surface area contributed by atoms with Gasteiger partial charge < -0.3 is 20.6 Å². The van der Waals surface area contributed by atoms with Crippen LogP contribution < -0.4 is 10.6 Å². The van der Waals surface area contributed by atoms with E-state index in [1.165, 1.54) is 0 Å². The highest BCUT2D eigenvalue weighted by Crippen LogP contribution is 2.26. The number of nitrogens with two attached hydrogens (primary N) is 1. The van der Waals surface area contributed by atoms with Gasteiger partial charge in [-0.05, 0) is 43.5 Å². The van der Waals surface area contributed by atoms with Gasteiger partial charge in [0.05, 0.1) is 0 Å². The third-order valence-corrected chi connectivity index (χ3v) is 4.87. The van der Waals surface area contributed by atoms with Gasteiger partial charge >= 0.3 is 0 Å². The highest BCUT2D eigenvalue weighted by Gasteiger charge is 2.30. The first-order valence-corrected chi connectivity index (χ1v) is 8.22. The number of hydrogen-bond acceptors (Lipinski definition) is 4. The Kier molecular flexibility index (Phi) is 8.13. The normalized spacial score (nSPS) is 23.9. The molecule has 1 saturated heterocycles. The summed E-state index contributed by atoms with van der Waals surface area (Å²) in [5.74, 6) is 0.704. The summed E-state index contributed by atoms with van der Waals surface area (Å²) in [6, 6.07) is 7.45. The molecule has 2 atom stereocenters. The largest absolute Gasteiger partial charge is 0.508 e. The maximum Gasteiger partial charge on any atom is 0.225 e. The van der Waals surface area contributed by atoms with E-state index in [-0.39, 0.29) is 42.5 Å². The Labute approximate surface area is 156 Å². The number of nitrogens with zero attached hydrogens (tertiary/aromatic N) is 2. The zero-order valence-corrected chi connectivity index (χ0v) is 15.4. The van der Waals surface area contributed by atoms with E-state index in [0.29, 0.717) is 5.91 Å². The SMILES string of the molecule is Cl.Cl.NC1CCCC(C(=O)N2CCN(c3ccc(O)cc3)CC2)C1. The molecular weight excluding hydrogens is 349 g/mol. The molecule has 1 heterocycles. The number of benzene rings is 1. The average molecular weight is 376 g/mol. The molecule has 2 unspecified atom stereocenters. The minimum absolute atomic E-state index is 0. The first-order valence-electron chi connectivity index (χ1n) is 8.22. The Morgan fingerprint density at radius 1 is 1.04 bits per heavy atom. The molecule has 2 fully saturated rings. The molecule has 1 amide bonds. The number of rotatable bonds is 2. The summed E-state index contributed by atoms with van der Waals surface area (Å²) >= 11 is 0. The van der Waals surface area contributed by atoms with Crippen LogP contribution in [0.1, 0.15) is 25.7 Å². The van der Waals surface area contributed by atoms with Gasteiger partial charge in [-0.3, -0.25) is 4.79 Å². The van der Waals surface area contributed by atoms with Gasteiger partial charge in [-0.25, -0.2) is 0 Å². The zero-order valence-electron chi connectivity index (χ0n) is 13.8. The lowest BCUT2D eigenvalue weighted by atomic mass is 9.85. The number of phenols is 1. The first kappa shape index (κ1) is 20.9. The minimum Gasteiger partial charge on any atom is -0.508 e. The molecule has 5 nitrogen and oxygen atoms in total. The number of carbonyl (C=O) groups is 1. The molecule has 24 heavy (non-hydrogen) atoms. The van der Waals surface area contributed by atoms with Crippen molar-refractivity contribution in [3.63, 3.8) is 0 Å². The van der Waals surface area contributed by atoms with Crippen LogP contribution in [0.3, 0.4) is 0 Å². The molecular formula is C17H27Cl2N3O2. The summed E-state index contributed by atoms with van der Waals surface area (Å²) in [6.07, 6.45) is 3.96. The van der Waals surface area contributed by atoms with Crippen molar-refractivity contribution >= 4 is 36.4 Å². The van der Waals surface area contributed by atoms with E-state index in [9.17, 15) is 9.90 Å². The second kappa shape index (κ2) is 9.35. The fraction of sp³-hybridized carbons (Fsp3) is 0.588. The highest BCUT2D eigenvalue weighted by atomic mass is 35.5. The van der Waals surface area contributed by atoms with E-state index in [0.717, 1.165) is 57.5 Å². The number of carbonyl (C=O) groups excluding carboxylic acids is 1. The molecule has 1 aromatic carbocycles. The Morgan fingerprint density at radius 3 is 2.25 bits per heavy atom. The van der Waals surface area contributed by atoms with E-state index in [1.54, 1.807) is 12.1 Å². The van der Waals surface area contributed by atoms with Crippen LogP contribution in [0.5, 0.6) is 5.75 Å². The summed E-state index contributed by atoms with van der Waals surface area (Å²) < 4.78 is 0. The molecule has 0 radical (unpaired) electrons. The quantitative estimate of drug-likeness (QED) is 0.832. The van der Waals surface area contributed by atoms with Gasteiger partial charge in [0, 0.05) is 43.8 Å². The van der Waals surface area contributed by atoms with Crippen LogP contribution in [0.2, 0.25) is 0 Å². The van der Waals surface area contributed by atoms with E-state index in [2.05, 4.69) is 4.90 Å². The van der Waals surface area contributed by atoms with Gasteiger partial charge in [0.15, 0.2) is 0 Å². The molecule has 3 rings (SSSR count). The molecule has 2 aliphatic rings. The molecule has 0 aromatic heterocycles. The lowest BCUT2D eigenvalue weighted by Gasteiger charge is -2.38. The third kappa shape index (κ3) is 4.91. The second-order valence-corrected chi connectivity index (χ2v) is 6.45. The van der Waals surface area contributed by atoms with Crippen molar-refractivity contribution in [1.29, 1.82) is 0 Å². The number of anilines is 1. The molecule has 0 bridgehead atoms. The monoisotopic (exact) mass is 375 g/mol. The topological polar surface area (TPSA) is 69.8 Å². The van der Waals surface area contributed by atoms with Crippen LogP contribution in [0, 0.1) is 5.92 Å². The summed E-state index contributed by atoms with van der Waals surface area (Å²) in [7, 11) is 0. The molecule has 0 spiro atoms. The van der Waals surface area contributed by atoms with Gasteiger partial charge in [0.2, 0.25) is 5.91 Å². The van der Waals surface area contributed by atoms with Crippen LogP contribution in [0.4, 0.5) is 5.69 Å². The first-order chi connectivity index (χ1) is 10.6. The van der Waals surface area contributed by atoms with Gasteiger partial charge in [0.1, 0.15) is 5.75 Å². The zero-order chi connectivity index (χ0) is 15.5. The predicted octanol–water partition coefficient (Wildman–Crippen LogP) is 2.40. The van der Waals surface area contributed by atoms with Crippen LogP contribution >= 0.6 is 24.8 Å². The van der Waals surface area contributed by atoms with E-state index >= 15 is 0 Å². The lowest BCUT2D eigenvalue weighted by molar-refractivity contribution is -0.137. The number of piperazine rings is 1. The van der Waals surface area contributed by atoms with Crippen molar-refractivity contribution in [2.45, 2.75) is 31.7 Å². The van der Waals surface area contributed by atoms with Crippen molar-refractivity contribution in [1.82, 2.24) is 4.90 Å². The Bertz CT molecular complexity index is 519. The maximum absolute atomic E-state index is 12.6. The second-order valence-electron chi connectivity index (χ2n) is 6.45. The number of aromatic hydroxyl groups is 1. The summed E-state index contributed by atoms with van der Waals surface area (Å²) in [4.78, 5) is 16.9. The van der Waals surface area contributed by atoms with Crippen LogP contribution in [0.25, 0.3) is 0 Å². The molecule has 3 N–H and O–H groups in total. The minimum atomic E-state index is 0. The fourth-order valence-corrected chi connectivity index (χ4v) is 3.56. The third-order valence-electron chi connectivity index (χ3n) is 4.87. The lowest BCUT2D eigenvalue weighted by Crippen LogP contribution is -2.51. The van der Waals surface area contributed by atoms with E-state index in [1.807, 2.05) is 17.0 Å². The Balaban J connectivity index is 0.00000144.